The first-order valence-corrected chi connectivity index (χ1v) is 4.89. The molecule has 0 saturated heterocycles. The van der Waals surface area contributed by atoms with Crippen LogP contribution in [0.3, 0.4) is 0 Å². The first kappa shape index (κ1) is 12.3. The highest BCUT2D eigenvalue weighted by molar-refractivity contribution is 5.86. The number of ether oxygens (including phenoxy) is 1. The standard InChI is InChI=1S/C12H15NO3/c1-9(12(14)15)7-13-8-10-5-3-4-6-11(10)16-2/h3-6,13H,1,7-8H2,2H3,(H,14,15). The second kappa shape index (κ2) is 5.92. The molecule has 0 aliphatic carbocycles. The second-order valence-corrected chi connectivity index (χ2v) is 3.32. The number of nitrogens with one attached hydrogen (secondary N) is 1. The number of rotatable bonds is 6. The van der Waals surface area contributed by atoms with E-state index in [-0.39, 0.29) is 12.1 Å². The number of carboxylic acid groups (broad SMARTS) is 1. The van der Waals surface area contributed by atoms with Crippen LogP contribution in [0.1, 0.15) is 5.56 Å². The minimum absolute atomic E-state index is 0.148. The molecule has 0 aliphatic heterocycles. The number of aliphatic carboxylic acids is 1. The van der Waals surface area contributed by atoms with Gasteiger partial charge in [-0.1, -0.05) is 24.8 Å². The predicted molar refractivity (Wildman–Crippen MR) is 61.5 cm³/mol. The molecule has 4 heteroatoms. The Labute approximate surface area is 94.6 Å². The van der Waals surface area contributed by atoms with Gasteiger partial charge in [0.05, 0.1) is 7.11 Å². The van der Waals surface area contributed by atoms with Crippen molar-refractivity contribution < 1.29 is 14.6 Å². The van der Waals surface area contributed by atoms with E-state index in [4.69, 9.17) is 9.84 Å². The molecule has 2 N–H and O–H groups in total. The van der Waals surface area contributed by atoms with E-state index in [0.717, 1.165) is 11.3 Å². The number of carbonyl (C=O) groups is 1. The summed E-state index contributed by atoms with van der Waals surface area (Å²) in [5.74, 6) is -0.191. The van der Waals surface area contributed by atoms with E-state index >= 15 is 0 Å². The summed E-state index contributed by atoms with van der Waals surface area (Å²) in [6, 6.07) is 7.59. The minimum atomic E-state index is -0.979. The first-order chi connectivity index (χ1) is 7.65. The highest BCUT2D eigenvalue weighted by Crippen LogP contribution is 2.16. The van der Waals surface area contributed by atoms with Crippen molar-refractivity contribution in [3.63, 3.8) is 0 Å². The zero-order chi connectivity index (χ0) is 12.0. The molecule has 1 rings (SSSR count). The van der Waals surface area contributed by atoms with Gasteiger partial charge in [-0.15, -0.1) is 0 Å². The number of carboxylic acids is 1. The third kappa shape index (κ3) is 3.40. The molecule has 0 bridgehead atoms. The lowest BCUT2D eigenvalue weighted by atomic mass is 10.2. The Morgan fingerprint density at radius 1 is 1.50 bits per heavy atom. The topological polar surface area (TPSA) is 58.6 Å². The highest BCUT2D eigenvalue weighted by Gasteiger charge is 2.04. The summed E-state index contributed by atoms with van der Waals surface area (Å²) in [5.41, 5.74) is 1.14. The van der Waals surface area contributed by atoms with Crippen molar-refractivity contribution in [2.45, 2.75) is 6.54 Å². The second-order valence-electron chi connectivity index (χ2n) is 3.32. The molecule has 0 aromatic heterocycles. The SMILES string of the molecule is C=C(CNCc1ccccc1OC)C(=O)O. The molecule has 0 saturated carbocycles. The fourth-order valence-corrected chi connectivity index (χ4v) is 1.27. The molecule has 0 unspecified atom stereocenters. The van der Waals surface area contributed by atoms with E-state index < -0.39 is 5.97 Å². The molecule has 0 aliphatic rings. The Morgan fingerprint density at radius 2 is 2.19 bits per heavy atom. The van der Waals surface area contributed by atoms with Crippen molar-refractivity contribution in [2.75, 3.05) is 13.7 Å². The highest BCUT2D eigenvalue weighted by atomic mass is 16.5. The van der Waals surface area contributed by atoms with Gasteiger partial charge in [-0.2, -0.15) is 0 Å². The summed E-state index contributed by atoms with van der Waals surface area (Å²) in [5, 5.41) is 11.6. The monoisotopic (exact) mass is 221 g/mol. The maximum atomic E-state index is 10.5. The average Bonchev–Trinajstić information content (AvgIpc) is 2.29. The van der Waals surface area contributed by atoms with Crippen LogP contribution in [0.25, 0.3) is 0 Å². The van der Waals surface area contributed by atoms with Crippen LogP contribution in [0.4, 0.5) is 0 Å². The van der Waals surface area contributed by atoms with Crippen LogP contribution in [0, 0.1) is 0 Å². The van der Waals surface area contributed by atoms with E-state index in [0.29, 0.717) is 6.54 Å². The maximum Gasteiger partial charge on any atom is 0.332 e. The number of hydrogen-bond acceptors (Lipinski definition) is 3. The summed E-state index contributed by atoms with van der Waals surface area (Å²) in [6.45, 7) is 4.24. The molecule has 1 aromatic carbocycles. The summed E-state index contributed by atoms with van der Waals surface area (Å²) in [7, 11) is 1.61. The molecule has 0 heterocycles. The zero-order valence-corrected chi connectivity index (χ0v) is 9.19. The summed E-state index contributed by atoms with van der Waals surface area (Å²) >= 11 is 0. The Hall–Kier alpha value is -1.81. The van der Waals surface area contributed by atoms with E-state index in [1.807, 2.05) is 24.3 Å². The molecule has 16 heavy (non-hydrogen) atoms. The van der Waals surface area contributed by atoms with Gasteiger partial charge in [0, 0.05) is 24.2 Å². The minimum Gasteiger partial charge on any atom is -0.496 e. The van der Waals surface area contributed by atoms with Gasteiger partial charge in [0.15, 0.2) is 0 Å². The van der Waals surface area contributed by atoms with Crippen molar-refractivity contribution in [3.8, 4) is 5.75 Å². The molecule has 0 radical (unpaired) electrons. The van der Waals surface area contributed by atoms with Crippen molar-refractivity contribution in [1.82, 2.24) is 5.32 Å². The van der Waals surface area contributed by atoms with Crippen LogP contribution in [0.5, 0.6) is 5.75 Å². The predicted octanol–water partition coefficient (Wildman–Crippen LogP) is 1.43. The number of para-hydroxylation sites is 1. The first-order valence-electron chi connectivity index (χ1n) is 4.89. The van der Waals surface area contributed by atoms with E-state index in [2.05, 4.69) is 11.9 Å². The Morgan fingerprint density at radius 3 is 2.81 bits per heavy atom. The number of hydrogen-bond donors (Lipinski definition) is 2. The molecule has 0 fully saturated rings. The third-order valence-electron chi connectivity index (χ3n) is 2.15. The van der Waals surface area contributed by atoms with Gasteiger partial charge in [-0.05, 0) is 6.07 Å². The van der Waals surface area contributed by atoms with Crippen LogP contribution in [-0.4, -0.2) is 24.7 Å². The molecule has 4 nitrogen and oxygen atoms in total. The average molecular weight is 221 g/mol. The van der Waals surface area contributed by atoms with Crippen LogP contribution >= 0.6 is 0 Å². The molecule has 0 spiro atoms. The number of benzene rings is 1. The van der Waals surface area contributed by atoms with Gasteiger partial charge >= 0.3 is 5.97 Å². The van der Waals surface area contributed by atoms with E-state index in [1.165, 1.54) is 0 Å². The lowest BCUT2D eigenvalue weighted by molar-refractivity contribution is -0.132. The largest absolute Gasteiger partial charge is 0.496 e. The summed E-state index contributed by atoms with van der Waals surface area (Å²) < 4.78 is 5.17. The Kier molecular flexibility index (Phi) is 4.54. The lowest BCUT2D eigenvalue weighted by Gasteiger charge is -2.09. The van der Waals surface area contributed by atoms with Crippen LogP contribution in [0.15, 0.2) is 36.4 Å². The Bertz CT molecular complexity index is 388. The number of methoxy groups -OCH3 is 1. The maximum absolute atomic E-state index is 10.5. The molecule has 0 atom stereocenters. The van der Waals surface area contributed by atoms with Crippen molar-refractivity contribution >= 4 is 5.97 Å². The molecule has 86 valence electrons. The van der Waals surface area contributed by atoms with Crippen molar-refractivity contribution in [3.05, 3.63) is 42.0 Å². The van der Waals surface area contributed by atoms with Crippen molar-refractivity contribution in [2.24, 2.45) is 0 Å². The summed E-state index contributed by atoms with van der Waals surface area (Å²) in [4.78, 5) is 10.5. The molecule has 0 amide bonds. The van der Waals surface area contributed by atoms with Gasteiger partial charge in [-0.25, -0.2) is 4.79 Å². The van der Waals surface area contributed by atoms with Gasteiger partial charge < -0.3 is 15.2 Å². The summed E-state index contributed by atoms with van der Waals surface area (Å²) in [6.07, 6.45) is 0. The molecule has 1 aromatic rings. The molecular weight excluding hydrogens is 206 g/mol. The quantitative estimate of drug-likeness (QED) is 0.713. The van der Waals surface area contributed by atoms with E-state index in [9.17, 15) is 4.79 Å². The van der Waals surface area contributed by atoms with E-state index in [1.54, 1.807) is 7.11 Å². The lowest BCUT2D eigenvalue weighted by Crippen LogP contribution is -2.20. The van der Waals surface area contributed by atoms with Crippen molar-refractivity contribution in [1.29, 1.82) is 0 Å². The fourth-order valence-electron chi connectivity index (χ4n) is 1.27. The van der Waals surface area contributed by atoms with Crippen LogP contribution in [0.2, 0.25) is 0 Å². The Balaban J connectivity index is 2.48. The van der Waals surface area contributed by atoms with Gasteiger partial charge in [0.1, 0.15) is 5.75 Å². The zero-order valence-electron chi connectivity index (χ0n) is 9.19. The smallest absolute Gasteiger partial charge is 0.332 e. The van der Waals surface area contributed by atoms with Gasteiger partial charge in [0.2, 0.25) is 0 Å². The van der Waals surface area contributed by atoms with Crippen LogP contribution < -0.4 is 10.1 Å². The van der Waals surface area contributed by atoms with Crippen LogP contribution in [-0.2, 0) is 11.3 Å². The normalized spacial score (nSPS) is 9.81. The third-order valence-corrected chi connectivity index (χ3v) is 2.15. The molecular formula is C12H15NO3. The fraction of sp³-hybridized carbons (Fsp3) is 0.250. The van der Waals surface area contributed by atoms with Gasteiger partial charge in [-0.3, -0.25) is 0 Å². The van der Waals surface area contributed by atoms with Gasteiger partial charge in [0.25, 0.3) is 0 Å².